The van der Waals surface area contributed by atoms with E-state index >= 15 is 0 Å². The minimum atomic E-state index is -0.242. The summed E-state index contributed by atoms with van der Waals surface area (Å²) in [6, 6.07) is 3.31. The molecular weight excluding hydrogens is 226 g/mol. The van der Waals surface area contributed by atoms with Gasteiger partial charge in [0.2, 0.25) is 0 Å². The van der Waals surface area contributed by atoms with Crippen molar-refractivity contribution < 1.29 is 9.21 Å². The summed E-state index contributed by atoms with van der Waals surface area (Å²) in [6.07, 6.45) is 1.72. The van der Waals surface area contributed by atoms with Crippen LogP contribution in [0.5, 0.6) is 0 Å². The van der Waals surface area contributed by atoms with Crippen LogP contribution in [-0.4, -0.2) is 10.9 Å². The van der Waals surface area contributed by atoms with Gasteiger partial charge in [-0.25, -0.2) is 0 Å². The normalized spacial score (nSPS) is 10.3. The number of nitrogens with zero attached hydrogens (tertiary/aromatic N) is 1. The minimum Gasteiger partial charge on any atom is -0.455 e. The molecule has 0 aliphatic rings. The largest absolute Gasteiger partial charge is 0.455 e. The van der Waals surface area contributed by atoms with Gasteiger partial charge in [-0.3, -0.25) is 9.78 Å². The molecule has 0 spiro atoms. The van der Waals surface area contributed by atoms with E-state index in [0.717, 1.165) is 4.88 Å². The molecule has 0 aliphatic heterocycles. The maximum Gasteiger partial charge on any atom is 0.287 e. The maximum absolute atomic E-state index is 11.6. The third-order valence-electron chi connectivity index (χ3n) is 1.99. The van der Waals surface area contributed by atoms with Gasteiger partial charge in [-0.2, -0.15) is 0 Å². The zero-order chi connectivity index (χ0) is 11.4. The first-order valence-corrected chi connectivity index (χ1v) is 5.62. The Bertz CT molecular complexity index is 464. The van der Waals surface area contributed by atoms with Crippen molar-refractivity contribution >= 4 is 17.2 Å². The fraction of sp³-hybridized carbons (Fsp3) is 0.200. The molecule has 84 valence electrons. The molecule has 16 heavy (non-hydrogen) atoms. The van der Waals surface area contributed by atoms with Gasteiger partial charge in [0, 0.05) is 11.1 Å². The van der Waals surface area contributed by atoms with Gasteiger partial charge in [-0.1, -0.05) is 0 Å². The van der Waals surface area contributed by atoms with Gasteiger partial charge in [0.1, 0.15) is 5.76 Å². The standard InChI is InChI=1S/C10H11N3O2S/c11-3-7-1-2-9(15-7)10(14)13-5-8-4-12-6-16-8/h1-2,4,6H,3,5,11H2,(H,13,14). The molecule has 0 fully saturated rings. The zero-order valence-corrected chi connectivity index (χ0v) is 9.29. The van der Waals surface area contributed by atoms with E-state index in [4.69, 9.17) is 10.2 Å². The average molecular weight is 237 g/mol. The van der Waals surface area contributed by atoms with E-state index in [9.17, 15) is 4.79 Å². The van der Waals surface area contributed by atoms with Crippen molar-refractivity contribution in [2.45, 2.75) is 13.1 Å². The van der Waals surface area contributed by atoms with Gasteiger partial charge in [0.05, 0.1) is 18.6 Å². The Balaban J connectivity index is 1.93. The number of hydrogen-bond acceptors (Lipinski definition) is 5. The second kappa shape index (κ2) is 4.91. The number of nitrogens with one attached hydrogen (secondary N) is 1. The van der Waals surface area contributed by atoms with E-state index in [0.29, 0.717) is 18.8 Å². The Kier molecular flexibility index (Phi) is 3.33. The highest BCUT2D eigenvalue weighted by molar-refractivity contribution is 7.09. The van der Waals surface area contributed by atoms with Crippen LogP contribution >= 0.6 is 11.3 Å². The molecule has 0 atom stereocenters. The average Bonchev–Trinajstić information content (AvgIpc) is 2.96. The summed E-state index contributed by atoms with van der Waals surface area (Å²) in [5, 5.41) is 2.74. The van der Waals surface area contributed by atoms with Crippen LogP contribution in [0.3, 0.4) is 0 Å². The molecule has 0 saturated carbocycles. The first-order valence-electron chi connectivity index (χ1n) is 4.74. The van der Waals surface area contributed by atoms with E-state index in [2.05, 4.69) is 10.3 Å². The zero-order valence-electron chi connectivity index (χ0n) is 8.47. The van der Waals surface area contributed by atoms with Crippen LogP contribution in [-0.2, 0) is 13.1 Å². The smallest absolute Gasteiger partial charge is 0.287 e. The third-order valence-corrected chi connectivity index (χ3v) is 2.77. The highest BCUT2D eigenvalue weighted by Gasteiger charge is 2.10. The van der Waals surface area contributed by atoms with Crippen molar-refractivity contribution in [3.8, 4) is 0 Å². The third kappa shape index (κ3) is 2.47. The Hall–Kier alpha value is -1.66. The van der Waals surface area contributed by atoms with Gasteiger partial charge in [-0.05, 0) is 12.1 Å². The molecule has 0 bridgehead atoms. The van der Waals surface area contributed by atoms with E-state index in [1.54, 1.807) is 23.8 Å². The molecule has 3 N–H and O–H groups in total. The SMILES string of the molecule is NCc1ccc(C(=O)NCc2cncs2)o1. The quantitative estimate of drug-likeness (QED) is 0.835. The summed E-state index contributed by atoms with van der Waals surface area (Å²) in [7, 11) is 0. The van der Waals surface area contributed by atoms with Gasteiger partial charge in [0.25, 0.3) is 5.91 Å². The van der Waals surface area contributed by atoms with Crippen molar-refractivity contribution in [3.63, 3.8) is 0 Å². The van der Waals surface area contributed by atoms with Crippen LogP contribution in [0.4, 0.5) is 0 Å². The van der Waals surface area contributed by atoms with Crippen LogP contribution in [0.2, 0.25) is 0 Å². The van der Waals surface area contributed by atoms with E-state index < -0.39 is 0 Å². The van der Waals surface area contributed by atoms with Crippen molar-refractivity contribution in [3.05, 3.63) is 40.2 Å². The summed E-state index contributed by atoms with van der Waals surface area (Å²) in [4.78, 5) is 16.5. The van der Waals surface area contributed by atoms with E-state index in [1.807, 2.05) is 0 Å². The molecule has 0 aliphatic carbocycles. The molecule has 0 radical (unpaired) electrons. The summed E-state index contributed by atoms with van der Waals surface area (Å²) >= 11 is 1.49. The van der Waals surface area contributed by atoms with Gasteiger partial charge in [0.15, 0.2) is 5.76 Å². The molecule has 2 rings (SSSR count). The monoisotopic (exact) mass is 237 g/mol. The number of thiazole rings is 1. The van der Waals surface area contributed by atoms with Gasteiger partial charge < -0.3 is 15.5 Å². The first-order chi connectivity index (χ1) is 7.79. The fourth-order valence-electron chi connectivity index (χ4n) is 1.19. The van der Waals surface area contributed by atoms with Crippen LogP contribution in [0, 0.1) is 0 Å². The molecule has 2 heterocycles. The molecule has 6 heteroatoms. The van der Waals surface area contributed by atoms with Crippen molar-refractivity contribution in [2.24, 2.45) is 5.73 Å². The van der Waals surface area contributed by atoms with Crippen molar-refractivity contribution in [1.29, 1.82) is 0 Å². The predicted molar refractivity (Wildman–Crippen MR) is 59.9 cm³/mol. The lowest BCUT2D eigenvalue weighted by Crippen LogP contribution is -2.21. The number of amides is 1. The molecular formula is C10H11N3O2S. The minimum absolute atomic E-state index is 0.242. The Morgan fingerprint density at radius 1 is 1.56 bits per heavy atom. The maximum atomic E-state index is 11.6. The summed E-state index contributed by atoms with van der Waals surface area (Å²) in [5.74, 6) is 0.640. The lowest BCUT2D eigenvalue weighted by Gasteiger charge is -1.99. The molecule has 0 saturated heterocycles. The molecule has 1 amide bonds. The Morgan fingerprint density at radius 3 is 3.06 bits per heavy atom. The molecule has 2 aromatic heterocycles. The van der Waals surface area contributed by atoms with Crippen LogP contribution in [0.15, 0.2) is 28.3 Å². The molecule has 0 aromatic carbocycles. The summed E-state index contributed by atoms with van der Waals surface area (Å²) in [6.45, 7) is 0.754. The number of nitrogens with two attached hydrogens (primary N) is 1. The Morgan fingerprint density at radius 2 is 2.44 bits per heavy atom. The van der Waals surface area contributed by atoms with E-state index in [-0.39, 0.29) is 11.7 Å². The highest BCUT2D eigenvalue weighted by Crippen LogP contribution is 2.08. The second-order valence-corrected chi connectivity index (χ2v) is 4.09. The van der Waals surface area contributed by atoms with Gasteiger partial charge in [-0.15, -0.1) is 11.3 Å². The number of carbonyl (C=O) groups is 1. The number of hydrogen-bond donors (Lipinski definition) is 2. The summed E-state index contributed by atoms with van der Waals surface area (Å²) in [5.41, 5.74) is 7.11. The van der Waals surface area contributed by atoms with Crippen LogP contribution < -0.4 is 11.1 Å². The fourth-order valence-corrected chi connectivity index (χ4v) is 1.73. The number of carbonyl (C=O) groups excluding carboxylic acids is 1. The lowest BCUT2D eigenvalue weighted by atomic mass is 10.4. The molecule has 2 aromatic rings. The van der Waals surface area contributed by atoms with Gasteiger partial charge >= 0.3 is 0 Å². The number of furan rings is 1. The van der Waals surface area contributed by atoms with E-state index in [1.165, 1.54) is 11.3 Å². The lowest BCUT2D eigenvalue weighted by molar-refractivity contribution is 0.0922. The number of rotatable bonds is 4. The van der Waals surface area contributed by atoms with Crippen LogP contribution in [0.25, 0.3) is 0 Å². The van der Waals surface area contributed by atoms with Crippen LogP contribution in [0.1, 0.15) is 21.2 Å². The summed E-state index contributed by atoms with van der Waals surface area (Å²) < 4.78 is 5.22. The predicted octanol–water partition coefficient (Wildman–Crippen LogP) is 1.12. The number of aromatic nitrogens is 1. The van der Waals surface area contributed by atoms with Crippen molar-refractivity contribution in [2.75, 3.05) is 0 Å². The van der Waals surface area contributed by atoms with Crippen molar-refractivity contribution in [1.82, 2.24) is 10.3 Å². The molecule has 5 nitrogen and oxygen atoms in total. The first kappa shape index (κ1) is 10.8. The topological polar surface area (TPSA) is 81.2 Å². The Labute approximate surface area is 96.3 Å². The highest BCUT2D eigenvalue weighted by atomic mass is 32.1. The second-order valence-electron chi connectivity index (χ2n) is 3.12. The molecule has 0 unspecified atom stereocenters.